The average molecular weight is 544 g/mol. The number of hydrogen-bond donors (Lipinski definition) is 1. The highest BCUT2D eigenvalue weighted by atomic mass is 35.5. The lowest BCUT2D eigenvalue weighted by Gasteiger charge is -2.33. The number of nitrogens with zero attached hydrogens (tertiary/aromatic N) is 1. The third-order valence-corrected chi connectivity index (χ3v) is 7.55. The molecule has 2 amide bonds. The van der Waals surface area contributed by atoms with Crippen molar-refractivity contribution in [1.82, 2.24) is 10.2 Å². The topological polar surface area (TPSA) is 49.4 Å². The molecule has 1 aliphatic rings. The summed E-state index contributed by atoms with van der Waals surface area (Å²) in [5, 5.41) is 4.67. The van der Waals surface area contributed by atoms with Gasteiger partial charge in [-0.3, -0.25) is 9.59 Å². The average Bonchev–Trinajstić information content (AvgIpc) is 3.36. The zero-order chi connectivity index (χ0) is 25.5. The van der Waals surface area contributed by atoms with E-state index in [1.165, 1.54) is 0 Å². The van der Waals surface area contributed by atoms with Crippen LogP contribution in [0.1, 0.15) is 42.4 Å². The first-order chi connectivity index (χ1) is 17.4. The normalized spacial score (nSPS) is 14.4. The molecule has 36 heavy (non-hydrogen) atoms. The van der Waals surface area contributed by atoms with Gasteiger partial charge in [0.1, 0.15) is 6.04 Å². The summed E-state index contributed by atoms with van der Waals surface area (Å²) in [6.45, 7) is 0.119. The number of benzene rings is 3. The lowest BCUT2D eigenvalue weighted by molar-refractivity contribution is -0.141. The Hall–Kier alpha value is -2.53. The van der Waals surface area contributed by atoms with Gasteiger partial charge in [0.25, 0.3) is 0 Å². The van der Waals surface area contributed by atoms with Crippen LogP contribution in [-0.4, -0.2) is 28.8 Å². The standard InChI is InChI=1S/C29H29Cl3N2O2/c30-22-11-6-10-21(16-22)18-28(35)34(19-24-25(31)14-7-15-26(24)32)27(17-20-8-2-1-3-9-20)29(36)33-23-12-4-5-13-23/h1-3,6-11,14-16,23,27H,4-5,12-13,17-19H2,(H,33,36)/t27-/m1/s1. The van der Waals surface area contributed by atoms with Crippen molar-refractivity contribution in [2.75, 3.05) is 0 Å². The maximum atomic E-state index is 13.8. The minimum absolute atomic E-state index is 0.102. The van der Waals surface area contributed by atoms with Crippen molar-refractivity contribution in [2.24, 2.45) is 0 Å². The summed E-state index contributed by atoms with van der Waals surface area (Å²) in [5.74, 6) is -0.357. The predicted molar refractivity (Wildman–Crippen MR) is 147 cm³/mol. The fourth-order valence-corrected chi connectivity index (χ4v) is 5.43. The van der Waals surface area contributed by atoms with Gasteiger partial charge in [-0.05, 0) is 48.2 Å². The monoisotopic (exact) mass is 542 g/mol. The maximum Gasteiger partial charge on any atom is 0.243 e. The molecule has 3 aromatic carbocycles. The van der Waals surface area contributed by atoms with Gasteiger partial charge in [-0.15, -0.1) is 0 Å². The Kier molecular flexibility index (Phi) is 9.30. The Bertz CT molecular complexity index is 1180. The molecule has 4 rings (SSSR count). The second kappa shape index (κ2) is 12.6. The van der Waals surface area contributed by atoms with Gasteiger partial charge >= 0.3 is 0 Å². The minimum atomic E-state index is -0.730. The Balaban J connectivity index is 1.70. The van der Waals surface area contributed by atoms with Crippen molar-refractivity contribution >= 4 is 46.6 Å². The zero-order valence-corrected chi connectivity index (χ0v) is 22.2. The second-order valence-electron chi connectivity index (χ2n) is 9.22. The lowest BCUT2D eigenvalue weighted by atomic mass is 10.0. The number of rotatable bonds is 9. The van der Waals surface area contributed by atoms with E-state index in [-0.39, 0.29) is 30.8 Å². The summed E-state index contributed by atoms with van der Waals surface area (Å²) in [7, 11) is 0. The van der Waals surface area contributed by atoms with E-state index >= 15 is 0 Å². The molecule has 0 heterocycles. The largest absolute Gasteiger partial charge is 0.352 e. The highest BCUT2D eigenvalue weighted by molar-refractivity contribution is 6.36. The summed E-state index contributed by atoms with van der Waals surface area (Å²) >= 11 is 19.2. The molecule has 3 aromatic rings. The molecule has 1 saturated carbocycles. The molecule has 0 bridgehead atoms. The van der Waals surface area contributed by atoms with Gasteiger partial charge in [0.2, 0.25) is 11.8 Å². The fourth-order valence-electron chi connectivity index (χ4n) is 4.70. The molecule has 1 N–H and O–H groups in total. The van der Waals surface area contributed by atoms with E-state index in [9.17, 15) is 9.59 Å². The van der Waals surface area contributed by atoms with E-state index in [4.69, 9.17) is 34.8 Å². The maximum absolute atomic E-state index is 13.8. The lowest BCUT2D eigenvalue weighted by Crippen LogP contribution is -2.52. The van der Waals surface area contributed by atoms with Crippen LogP contribution in [0.15, 0.2) is 72.8 Å². The highest BCUT2D eigenvalue weighted by Crippen LogP contribution is 2.28. The first-order valence-electron chi connectivity index (χ1n) is 12.2. The van der Waals surface area contributed by atoms with Crippen LogP contribution in [0.3, 0.4) is 0 Å². The minimum Gasteiger partial charge on any atom is -0.352 e. The van der Waals surface area contributed by atoms with E-state index in [1.54, 1.807) is 35.2 Å². The number of carbonyl (C=O) groups excluding carboxylic acids is 2. The Morgan fingerprint density at radius 3 is 2.17 bits per heavy atom. The number of nitrogens with one attached hydrogen (secondary N) is 1. The fraction of sp³-hybridized carbons (Fsp3) is 0.310. The van der Waals surface area contributed by atoms with Crippen molar-refractivity contribution in [2.45, 2.75) is 57.2 Å². The Labute approximate surface area is 227 Å². The molecule has 0 spiro atoms. The molecule has 4 nitrogen and oxygen atoms in total. The number of halogens is 3. The van der Waals surface area contributed by atoms with Gasteiger partial charge in [-0.25, -0.2) is 0 Å². The summed E-state index contributed by atoms with van der Waals surface area (Å²) < 4.78 is 0. The van der Waals surface area contributed by atoms with Crippen LogP contribution in [0.4, 0.5) is 0 Å². The quantitative estimate of drug-likeness (QED) is 0.319. The van der Waals surface area contributed by atoms with Gasteiger partial charge in [0, 0.05) is 39.6 Å². The molecule has 0 aromatic heterocycles. The van der Waals surface area contributed by atoms with E-state index < -0.39 is 6.04 Å². The number of amides is 2. The van der Waals surface area contributed by atoms with E-state index in [0.717, 1.165) is 36.8 Å². The smallest absolute Gasteiger partial charge is 0.243 e. The molecule has 1 aliphatic carbocycles. The molecule has 7 heteroatoms. The Morgan fingerprint density at radius 2 is 1.50 bits per heavy atom. The summed E-state index contributed by atoms with van der Waals surface area (Å²) in [4.78, 5) is 29.2. The van der Waals surface area contributed by atoms with Crippen LogP contribution in [0.25, 0.3) is 0 Å². The van der Waals surface area contributed by atoms with Crippen molar-refractivity contribution in [3.8, 4) is 0 Å². The molecule has 0 unspecified atom stereocenters. The third-order valence-electron chi connectivity index (χ3n) is 6.61. The van der Waals surface area contributed by atoms with Crippen LogP contribution >= 0.6 is 34.8 Å². The van der Waals surface area contributed by atoms with Crippen LogP contribution < -0.4 is 5.32 Å². The van der Waals surface area contributed by atoms with Crippen molar-refractivity contribution in [1.29, 1.82) is 0 Å². The van der Waals surface area contributed by atoms with Gasteiger partial charge in [0.05, 0.1) is 6.42 Å². The van der Waals surface area contributed by atoms with Crippen LogP contribution in [0.2, 0.25) is 15.1 Å². The highest BCUT2D eigenvalue weighted by Gasteiger charge is 2.33. The van der Waals surface area contributed by atoms with E-state index in [1.807, 2.05) is 42.5 Å². The molecular weight excluding hydrogens is 515 g/mol. The predicted octanol–water partition coefficient (Wildman–Crippen LogP) is 6.89. The van der Waals surface area contributed by atoms with E-state index in [0.29, 0.717) is 27.1 Å². The molecule has 0 radical (unpaired) electrons. The number of hydrogen-bond acceptors (Lipinski definition) is 2. The van der Waals surface area contributed by atoms with Crippen LogP contribution in [-0.2, 0) is 29.0 Å². The molecule has 1 fully saturated rings. The molecule has 188 valence electrons. The second-order valence-corrected chi connectivity index (χ2v) is 10.5. The Morgan fingerprint density at radius 1 is 0.861 bits per heavy atom. The van der Waals surface area contributed by atoms with E-state index in [2.05, 4.69) is 5.32 Å². The van der Waals surface area contributed by atoms with Crippen LogP contribution in [0.5, 0.6) is 0 Å². The van der Waals surface area contributed by atoms with Crippen molar-refractivity contribution in [3.05, 3.63) is 105 Å². The van der Waals surface area contributed by atoms with Gasteiger partial charge in [0.15, 0.2) is 0 Å². The zero-order valence-electron chi connectivity index (χ0n) is 19.9. The molecule has 1 atom stereocenters. The first-order valence-corrected chi connectivity index (χ1v) is 13.3. The van der Waals surface area contributed by atoms with Crippen molar-refractivity contribution in [3.63, 3.8) is 0 Å². The first kappa shape index (κ1) is 26.5. The van der Waals surface area contributed by atoms with Crippen molar-refractivity contribution < 1.29 is 9.59 Å². The SMILES string of the molecule is O=C(NC1CCCC1)[C@@H](Cc1ccccc1)N(Cc1c(Cl)cccc1Cl)C(=O)Cc1cccc(Cl)c1. The van der Waals surface area contributed by atoms with Gasteiger partial charge < -0.3 is 10.2 Å². The molecule has 0 saturated heterocycles. The van der Waals surface area contributed by atoms with Gasteiger partial charge in [-0.2, -0.15) is 0 Å². The summed E-state index contributed by atoms with van der Waals surface area (Å²) in [5.41, 5.74) is 2.36. The molecule has 0 aliphatic heterocycles. The summed E-state index contributed by atoms with van der Waals surface area (Å²) in [6, 6.07) is 21.6. The summed E-state index contributed by atoms with van der Waals surface area (Å²) in [6.07, 6.45) is 4.59. The third kappa shape index (κ3) is 7.03. The number of carbonyl (C=O) groups is 2. The van der Waals surface area contributed by atoms with Crippen LogP contribution in [0, 0.1) is 0 Å². The van der Waals surface area contributed by atoms with Gasteiger partial charge in [-0.1, -0.05) is 96.2 Å². The molecular formula is C29H29Cl3N2O2.